The Hall–Kier alpha value is -0.830. The summed E-state index contributed by atoms with van der Waals surface area (Å²) in [5, 5.41) is 18.1. The zero-order valence-corrected chi connectivity index (χ0v) is 14.5. The van der Waals surface area contributed by atoms with Crippen LogP contribution in [0, 0.1) is 34.5 Å². The van der Waals surface area contributed by atoms with Crippen molar-refractivity contribution < 1.29 is 5.11 Å². The molecule has 5 rings (SSSR count). The molecule has 0 radical (unpaired) electrons. The Bertz CT molecular complexity index is 625. The number of hydrogen-bond donors (Lipinski definition) is 2. The largest absolute Gasteiger partial charge is 0.393 e. The zero-order valence-electron chi connectivity index (χ0n) is 14.5. The van der Waals surface area contributed by atoms with Crippen molar-refractivity contribution in [3.63, 3.8) is 0 Å². The maximum Gasteiger partial charge on any atom is 0.0596 e. The van der Waals surface area contributed by atoms with Crippen LogP contribution >= 0.6 is 0 Å². The molecule has 0 spiro atoms. The fraction of sp³-hybridized carbons (Fsp3) is 0.850. The van der Waals surface area contributed by atoms with Crippen LogP contribution in [0.2, 0.25) is 0 Å². The molecule has 1 aromatic heterocycles. The number of aliphatic hydroxyl groups excluding tert-OH is 1. The van der Waals surface area contributed by atoms with Crippen LogP contribution in [0.15, 0.2) is 6.20 Å². The van der Waals surface area contributed by atoms with Gasteiger partial charge < -0.3 is 5.11 Å². The molecule has 0 bridgehead atoms. The summed E-state index contributed by atoms with van der Waals surface area (Å²) >= 11 is 0. The predicted octanol–water partition coefficient (Wildman–Crippen LogP) is 3.73. The lowest BCUT2D eigenvalue weighted by atomic mass is 9.45. The molecular weight excluding hydrogens is 284 g/mol. The Morgan fingerprint density at radius 1 is 1.09 bits per heavy atom. The van der Waals surface area contributed by atoms with Crippen LogP contribution in [0.4, 0.5) is 0 Å². The van der Waals surface area contributed by atoms with E-state index in [2.05, 4.69) is 30.2 Å². The van der Waals surface area contributed by atoms with E-state index >= 15 is 0 Å². The predicted molar refractivity (Wildman–Crippen MR) is 89.9 cm³/mol. The Morgan fingerprint density at radius 3 is 2.78 bits per heavy atom. The highest BCUT2D eigenvalue weighted by Crippen LogP contribution is 2.65. The van der Waals surface area contributed by atoms with Crippen LogP contribution in [0.5, 0.6) is 0 Å². The summed E-state index contributed by atoms with van der Waals surface area (Å²) in [6, 6.07) is 0. The summed E-state index contributed by atoms with van der Waals surface area (Å²) in [7, 11) is 0. The lowest BCUT2D eigenvalue weighted by molar-refractivity contribution is -0.111. The highest BCUT2D eigenvalue weighted by Gasteiger charge is 2.60. The van der Waals surface area contributed by atoms with Gasteiger partial charge in [0.05, 0.1) is 12.3 Å². The van der Waals surface area contributed by atoms with Gasteiger partial charge in [-0.05, 0) is 91.4 Å². The first kappa shape index (κ1) is 14.5. The third kappa shape index (κ3) is 1.78. The van der Waals surface area contributed by atoms with E-state index in [1.54, 1.807) is 0 Å². The minimum absolute atomic E-state index is 0.0502. The number of fused-ring (bicyclic) bond motifs is 6. The van der Waals surface area contributed by atoms with Gasteiger partial charge in [0.2, 0.25) is 0 Å². The summed E-state index contributed by atoms with van der Waals surface area (Å²) in [6.45, 7) is 4.97. The summed E-state index contributed by atoms with van der Waals surface area (Å²) in [5.74, 6) is 3.29. The second kappa shape index (κ2) is 4.62. The van der Waals surface area contributed by atoms with Gasteiger partial charge in [-0.2, -0.15) is 5.10 Å². The number of aliphatic hydroxyl groups is 1. The number of aromatic amines is 1. The normalized spacial score (nSPS) is 51.5. The van der Waals surface area contributed by atoms with Crippen LogP contribution in [0.25, 0.3) is 0 Å². The lowest BCUT2D eigenvalue weighted by Crippen LogP contribution is -2.54. The van der Waals surface area contributed by atoms with E-state index in [1.807, 2.05) is 0 Å². The van der Waals surface area contributed by atoms with Gasteiger partial charge in [-0.25, -0.2) is 0 Å². The summed E-state index contributed by atoms with van der Waals surface area (Å²) < 4.78 is 0. The van der Waals surface area contributed by atoms with Crippen molar-refractivity contribution in [1.29, 1.82) is 0 Å². The molecular formula is C20H30N2O. The maximum atomic E-state index is 10.6. The van der Waals surface area contributed by atoms with E-state index < -0.39 is 0 Å². The Morgan fingerprint density at radius 2 is 1.91 bits per heavy atom. The minimum atomic E-state index is -0.0502. The molecule has 7 atom stereocenters. The first-order valence-electron chi connectivity index (χ1n) is 9.71. The number of aromatic nitrogens is 2. The van der Waals surface area contributed by atoms with E-state index in [0.717, 1.165) is 30.1 Å². The number of H-pyrrole nitrogens is 1. The molecule has 3 fully saturated rings. The molecule has 3 saturated carbocycles. The number of hydrogen-bond acceptors (Lipinski definition) is 2. The molecule has 0 amide bonds. The second-order valence-electron chi connectivity index (χ2n) is 9.55. The van der Waals surface area contributed by atoms with Crippen molar-refractivity contribution in [2.24, 2.45) is 34.5 Å². The molecule has 23 heavy (non-hydrogen) atoms. The maximum absolute atomic E-state index is 10.6. The number of nitrogens with one attached hydrogen (secondary N) is 1. The fourth-order valence-corrected chi connectivity index (χ4v) is 7.44. The van der Waals surface area contributed by atoms with Gasteiger partial charge in [0.1, 0.15) is 0 Å². The molecule has 5 unspecified atom stereocenters. The van der Waals surface area contributed by atoms with E-state index in [4.69, 9.17) is 0 Å². The lowest BCUT2D eigenvalue weighted by Gasteiger charge is -2.60. The second-order valence-corrected chi connectivity index (χ2v) is 9.55. The van der Waals surface area contributed by atoms with Gasteiger partial charge in [0.15, 0.2) is 0 Å². The van der Waals surface area contributed by atoms with Crippen molar-refractivity contribution in [3.8, 4) is 0 Å². The molecule has 3 nitrogen and oxygen atoms in total. The van der Waals surface area contributed by atoms with E-state index in [-0.39, 0.29) is 11.5 Å². The molecule has 4 aliphatic rings. The first-order chi connectivity index (χ1) is 11.0. The van der Waals surface area contributed by atoms with Crippen LogP contribution in [0.1, 0.15) is 63.6 Å². The third-order valence-electron chi connectivity index (χ3n) is 8.84. The molecule has 1 aromatic rings. The van der Waals surface area contributed by atoms with Crippen molar-refractivity contribution in [3.05, 3.63) is 17.5 Å². The van der Waals surface area contributed by atoms with E-state index in [1.165, 1.54) is 56.2 Å². The molecule has 3 heteroatoms. The SMILES string of the molecule is C[C@@]12CCC3C(CCC4Cc5[nH]ncc5C[C@]43C)C1CCC2O. The molecule has 126 valence electrons. The average Bonchev–Trinajstić information content (AvgIpc) is 3.08. The molecule has 0 saturated heterocycles. The van der Waals surface area contributed by atoms with Crippen LogP contribution in [0.3, 0.4) is 0 Å². The molecule has 1 heterocycles. The van der Waals surface area contributed by atoms with Crippen molar-refractivity contribution in [2.75, 3.05) is 0 Å². The minimum Gasteiger partial charge on any atom is -0.393 e. The first-order valence-corrected chi connectivity index (χ1v) is 9.71. The molecule has 4 aliphatic carbocycles. The van der Waals surface area contributed by atoms with Crippen LogP contribution < -0.4 is 0 Å². The van der Waals surface area contributed by atoms with Gasteiger partial charge in [-0.3, -0.25) is 5.10 Å². The third-order valence-corrected chi connectivity index (χ3v) is 8.84. The van der Waals surface area contributed by atoms with Gasteiger partial charge in [-0.1, -0.05) is 13.8 Å². The van der Waals surface area contributed by atoms with Crippen molar-refractivity contribution in [2.45, 2.75) is 71.3 Å². The highest BCUT2D eigenvalue weighted by molar-refractivity contribution is 5.25. The number of nitrogens with zero attached hydrogens (tertiary/aromatic N) is 1. The van der Waals surface area contributed by atoms with Crippen molar-refractivity contribution in [1.82, 2.24) is 10.2 Å². The Labute approximate surface area is 139 Å². The van der Waals surface area contributed by atoms with Crippen molar-refractivity contribution >= 4 is 0 Å². The average molecular weight is 314 g/mol. The molecule has 0 aromatic carbocycles. The highest BCUT2D eigenvalue weighted by atomic mass is 16.3. The Balaban J connectivity index is 1.50. The van der Waals surface area contributed by atoms with E-state index in [9.17, 15) is 5.11 Å². The summed E-state index contributed by atoms with van der Waals surface area (Å²) in [4.78, 5) is 0. The van der Waals surface area contributed by atoms with E-state index in [0.29, 0.717) is 5.41 Å². The Kier molecular flexibility index (Phi) is 2.92. The summed E-state index contributed by atoms with van der Waals surface area (Å²) in [6.07, 6.45) is 12.1. The van der Waals surface area contributed by atoms with Gasteiger partial charge in [0.25, 0.3) is 0 Å². The quantitative estimate of drug-likeness (QED) is 0.766. The smallest absolute Gasteiger partial charge is 0.0596 e. The standard InChI is InChI=1S/C20H30N2O/c1-19-8-7-16-14(15(19)5-6-18(19)23)4-3-13-9-17-12(11-21-22-17)10-20(13,16)2/h11,13-16,18,23H,3-10H2,1-2H3,(H,21,22)/t13?,14?,15?,16?,18?,19-,20-/m1/s1. The van der Waals surface area contributed by atoms with Gasteiger partial charge >= 0.3 is 0 Å². The van der Waals surface area contributed by atoms with Crippen LogP contribution in [-0.4, -0.2) is 21.4 Å². The fourth-order valence-electron chi connectivity index (χ4n) is 7.44. The van der Waals surface area contributed by atoms with Crippen LogP contribution in [-0.2, 0) is 12.8 Å². The zero-order chi connectivity index (χ0) is 15.8. The molecule has 2 N–H and O–H groups in total. The monoisotopic (exact) mass is 314 g/mol. The van der Waals surface area contributed by atoms with Gasteiger partial charge in [0, 0.05) is 5.69 Å². The topological polar surface area (TPSA) is 48.9 Å². The van der Waals surface area contributed by atoms with Gasteiger partial charge in [-0.15, -0.1) is 0 Å². The molecule has 0 aliphatic heterocycles. The summed E-state index contributed by atoms with van der Waals surface area (Å²) in [5.41, 5.74) is 3.54. The number of rotatable bonds is 0.